The van der Waals surface area contributed by atoms with Crippen LogP contribution in [0.4, 0.5) is 0 Å². The van der Waals surface area contributed by atoms with E-state index in [0.29, 0.717) is 16.7 Å². The molecule has 0 bridgehead atoms. The molecule has 4 rings (SSSR count). The van der Waals surface area contributed by atoms with Gasteiger partial charge in [0.25, 0.3) is 0 Å². The van der Waals surface area contributed by atoms with Crippen molar-refractivity contribution >= 4 is 0 Å². The molecule has 0 heterocycles. The van der Waals surface area contributed by atoms with Crippen LogP contribution in [0.15, 0.2) is 0 Å². The second-order valence-corrected chi connectivity index (χ2v) is 9.39. The van der Waals surface area contributed by atoms with E-state index >= 15 is 0 Å². The average Bonchev–Trinajstić information content (AvgIpc) is 2.84. The highest BCUT2D eigenvalue weighted by molar-refractivity contribution is 5.12. The van der Waals surface area contributed by atoms with Crippen LogP contribution in [-0.4, -0.2) is 11.2 Å². The van der Waals surface area contributed by atoms with Gasteiger partial charge < -0.3 is 5.11 Å². The predicted octanol–water partition coefficient (Wildman–Crippen LogP) is 4.53. The van der Waals surface area contributed by atoms with Crippen LogP contribution in [0.25, 0.3) is 0 Å². The molecule has 0 radical (unpaired) electrons. The summed E-state index contributed by atoms with van der Waals surface area (Å²) in [6.07, 6.45) is 10.9. The lowest BCUT2D eigenvalue weighted by atomic mass is 9.45. The summed E-state index contributed by atoms with van der Waals surface area (Å²) >= 11 is 0. The van der Waals surface area contributed by atoms with Gasteiger partial charge in [0.15, 0.2) is 0 Å². The molecule has 8 atom stereocenters. The molecule has 0 aromatic rings. The third kappa shape index (κ3) is 1.87. The molecule has 0 aromatic carbocycles. The van der Waals surface area contributed by atoms with Crippen LogP contribution in [0.3, 0.4) is 0 Å². The Hall–Kier alpha value is -0.550. The van der Waals surface area contributed by atoms with Crippen LogP contribution >= 0.6 is 0 Å². The van der Waals surface area contributed by atoms with Gasteiger partial charge in [-0.25, -0.2) is 0 Å². The zero-order valence-electron chi connectivity index (χ0n) is 14.2. The smallest absolute Gasteiger partial charge is 0.0661 e. The average molecular weight is 301 g/mol. The fourth-order valence-electron chi connectivity index (χ4n) is 7.45. The SMILES string of the molecule is C[C@]12CCC3C(CC[C@@H]4C[C@@H](O)CC[C@]34C)C1CC[C@@H]2C#N. The van der Waals surface area contributed by atoms with Crippen molar-refractivity contribution in [2.75, 3.05) is 0 Å². The van der Waals surface area contributed by atoms with Gasteiger partial charge in [-0.3, -0.25) is 0 Å². The second kappa shape index (κ2) is 4.97. The molecule has 4 fully saturated rings. The van der Waals surface area contributed by atoms with Gasteiger partial charge in [-0.1, -0.05) is 13.8 Å². The molecule has 0 spiro atoms. The van der Waals surface area contributed by atoms with Gasteiger partial charge in [0, 0.05) is 0 Å². The highest BCUT2D eigenvalue weighted by Crippen LogP contribution is 2.67. The Morgan fingerprint density at radius 1 is 0.909 bits per heavy atom. The summed E-state index contributed by atoms with van der Waals surface area (Å²) in [4.78, 5) is 0. The Morgan fingerprint density at radius 3 is 2.41 bits per heavy atom. The summed E-state index contributed by atoms with van der Waals surface area (Å²) in [5.74, 6) is 3.55. The number of nitrogens with zero attached hydrogens (tertiary/aromatic N) is 1. The first kappa shape index (κ1) is 15.0. The highest BCUT2D eigenvalue weighted by Gasteiger charge is 2.60. The third-order valence-electron chi connectivity index (χ3n) is 8.79. The van der Waals surface area contributed by atoms with Crippen molar-refractivity contribution in [3.05, 3.63) is 0 Å². The van der Waals surface area contributed by atoms with Crippen LogP contribution in [-0.2, 0) is 0 Å². The number of rotatable bonds is 0. The number of aliphatic hydroxyl groups excluding tert-OH is 1. The molecule has 3 unspecified atom stereocenters. The van der Waals surface area contributed by atoms with Crippen LogP contribution in [0.1, 0.15) is 71.6 Å². The maximum atomic E-state index is 10.1. The molecule has 2 nitrogen and oxygen atoms in total. The van der Waals surface area contributed by atoms with Crippen molar-refractivity contribution in [1.82, 2.24) is 0 Å². The van der Waals surface area contributed by atoms with E-state index in [0.717, 1.165) is 42.9 Å². The number of fused-ring (bicyclic) bond motifs is 5. The quantitative estimate of drug-likeness (QED) is 0.714. The predicted molar refractivity (Wildman–Crippen MR) is 86.8 cm³/mol. The zero-order chi connectivity index (χ0) is 15.5. The Bertz CT molecular complexity index is 496. The summed E-state index contributed by atoms with van der Waals surface area (Å²) in [7, 11) is 0. The Morgan fingerprint density at radius 2 is 1.64 bits per heavy atom. The maximum Gasteiger partial charge on any atom is 0.0661 e. The van der Waals surface area contributed by atoms with E-state index in [1.54, 1.807) is 0 Å². The van der Waals surface area contributed by atoms with Crippen molar-refractivity contribution in [2.24, 2.45) is 40.4 Å². The molecule has 0 saturated heterocycles. The van der Waals surface area contributed by atoms with E-state index in [1.165, 1.54) is 38.5 Å². The minimum Gasteiger partial charge on any atom is -0.393 e. The number of hydrogen-bond acceptors (Lipinski definition) is 2. The van der Waals surface area contributed by atoms with Crippen molar-refractivity contribution in [3.63, 3.8) is 0 Å². The second-order valence-electron chi connectivity index (χ2n) is 9.39. The molecule has 4 aliphatic carbocycles. The zero-order valence-corrected chi connectivity index (χ0v) is 14.2. The molecule has 4 aliphatic rings. The Balaban J connectivity index is 1.62. The van der Waals surface area contributed by atoms with Gasteiger partial charge in [-0.15, -0.1) is 0 Å². The first-order chi connectivity index (χ1) is 10.5. The summed E-state index contributed by atoms with van der Waals surface area (Å²) in [6.45, 7) is 4.97. The molecule has 4 saturated carbocycles. The van der Waals surface area contributed by atoms with E-state index in [1.807, 2.05) is 0 Å². The molecule has 0 amide bonds. The minimum atomic E-state index is -0.0436. The first-order valence-corrected chi connectivity index (χ1v) is 9.56. The monoisotopic (exact) mass is 301 g/mol. The van der Waals surface area contributed by atoms with Crippen molar-refractivity contribution in [1.29, 1.82) is 5.26 Å². The lowest BCUT2D eigenvalue weighted by molar-refractivity contribution is -0.124. The minimum absolute atomic E-state index is 0.0436. The lowest BCUT2D eigenvalue weighted by Gasteiger charge is -2.60. The van der Waals surface area contributed by atoms with Crippen LogP contribution in [0.5, 0.6) is 0 Å². The van der Waals surface area contributed by atoms with Crippen molar-refractivity contribution in [3.8, 4) is 6.07 Å². The molecule has 0 aromatic heterocycles. The maximum absolute atomic E-state index is 10.1. The molecule has 1 N–H and O–H groups in total. The van der Waals surface area contributed by atoms with E-state index in [4.69, 9.17) is 0 Å². The molecule has 22 heavy (non-hydrogen) atoms. The molecule has 122 valence electrons. The van der Waals surface area contributed by atoms with E-state index in [9.17, 15) is 10.4 Å². The lowest BCUT2D eigenvalue weighted by Crippen LogP contribution is -2.53. The summed E-state index contributed by atoms with van der Waals surface area (Å²) in [5.41, 5.74) is 0.765. The van der Waals surface area contributed by atoms with E-state index < -0.39 is 0 Å². The van der Waals surface area contributed by atoms with Gasteiger partial charge in [-0.2, -0.15) is 5.26 Å². The topological polar surface area (TPSA) is 44.0 Å². The van der Waals surface area contributed by atoms with Crippen molar-refractivity contribution in [2.45, 2.75) is 77.7 Å². The Labute approximate surface area is 135 Å². The Kier molecular flexibility index (Phi) is 3.39. The van der Waals surface area contributed by atoms with E-state index in [-0.39, 0.29) is 6.10 Å². The summed E-state index contributed by atoms with van der Waals surface area (Å²) in [5, 5.41) is 19.6. The number of aliphatic hydroxyl groups is 1. The van der Waals surface area contributed by atoms with Crippen LogP contribution in [0, 0.1) is 51.8 Å². The van der Waals surface area contributed by atoms with Gasteiger partial charge in [-0.05, 0) is 92.3 Å². The van der Waals surface area contributed by atoms with Gasteiger partial charge >= 0.3 is 0 Å². The van der Waals surface area contributed by atoms with E-state index in [2.05, 4.69) is 19.9 Å². The third-order valence-corrected chi connectivity index (χ3v) is 8.79. The molecule has 2 heteroatoms. The summed E-state index contributed by atoms with van der Waals surface area (Å²) in [6, 6.07) is 2.64. The first-order valence-electron chi connectivity index (χ1n) is 9.56. The van der Waals surface area contributed by atoms with Gasteiger partial charge in [0.05, 0.1) is 18.1 Å². The molecular formula is C20H31NO. The van der Waals surface area contributed by atoms with Crippen LogP contribution < -0.4 is 0 Å². The normalized spacial score (nSPS) is 57.4. The van der Waals surface area contributed by atoms with Gasteiger partial charge in [0.2, 0.25) is 0 Å². The van der Waals surface area contributed by atoms with Crippen LogP contribution in [0.2, 0.25) is 0 Å². The standard InChI is InChI=1S/C20H31NO/c1-19-9-7-15(22)11-13(19)3-5-16-17-6-4-14(12-21)20(17,2)10-8-18(16)19/h13-18,22H,3-11H2,1-2H3/t13-,14-,15+,16?,17?,18?,19+,20-/m1/s1. The number of hydrogen-bond donors (Lipinski definition) is 1. The summed E-state index contributed by atoms with van der Waals surface area (Å²) < 4.78 is 0. The largest absolute Gasteiger partial charge is 0.393 e. The fourth-order valence-corrected chi connectivity index (χ4v) is 7.45. The van der Waals surface area contributed by atoms with Gasteiger partial charge in [0.1, 0.15) is 0 Å². The fraction of sp³-hybridized carbons (Fsp3) is 0.950. The molecular weight excluding hydrogens is 270 g/mol. The van der Waals surface area contributed by atoms with Crippen molar-refractivity contribution < 1.29 is 5.11 Å². The highest BCUT2D eigenvalue weighted by atomic mass is 16.3. The number of nitriles is 1. The molecule has 0 aliphatic heterocycles.